The zero-order chi connectivity index (χ0) is 12.5. The van der Waals surface area contributed by atoms with Crippen molar-refractivity contribution >= 4 is 0 Å². The number of ether oxygens (including phenoxy) is 1. The summed E-state index contributed by atoms with van der Waals surface area (Å²) in [5.41, 5.74) is 0. The van der Waals surface area contributed by atoms with E-state index < -0.39 is 0 Å². The number of aliphatic hydroxyl groups excluding tert-OH is 1. The van der Waals surface area contributed by atoms with Crippen LogP contribution in [0, 0.1) is 11.8 Å². The normalized spacial score (nSPS) is 19.1. The molecule has 17 heavy (non-hydrogen) atoms. The van der Waals surface area contributed by atoms with Gasteiger partial charge in [-0.05, 0) is 18.3 Å². The van der Waals surface area contributed by atoms with Crippen LogP contribution in [-0.4, -0.2) is 37.5 Å². The van der Waals surface area contributed by atoms with E-state index in [9.17, 15) is 5.11 Å². The van der Waals surface area contributed by atoms with Gasteiger partial charge in [0.1, 0.15) is 0 Å². The van der Waals surface area contributed by atoms with E-state index in [4.69, 9.17) is 4.74 Å². The molecule has 1 unspecified atom stereocenters. The summed E-state index contributed by atoms with van der Waals surface area (Å²) < 4.78 is 5.47. The fraction of sp³-hybridized carbons (Fsp3) is 1.00. The second-order valence-electron chi connectivity index (χ2n) is 5.71. The van der Waals surface area contributed by atoms with Gasteiger partial charge in [-0.2, -0.15) is 0 Å². The van der Waals surface area contributed by atoms with E-state index in [2.05, 4.69) is 19.2 Å². The van der Waals surface area contributed by atoms with Gasteiger partial charge < -0.3 is 15.2 Å². The number of hydrogen-bond donors (Lipinski definition) is 2. The number of hydrogen-bond acceptors (Lipinski definition) is 3. The lowest BCUT2D eigenvalue weighted by atomic mass is 10.0. The molecule has 0 aromatic carbocycles. The third-order valence-corrected chi connectivity index (χ3v) is 3.33. The van der Waals surface area contributed by atoms with Crippen LogP contribution in [0.1, 0.15) is 46.0 Å². The molecule has 102 valence electrons. The first-order chi connectivity index (χ1) is 8.18. The van der Waals surface area contributed by atoms with Crippen molar-refractivity contribution in [1.82, 2.24) is 5.32 Å². The average Bonchev–Trinajstić information content (AvgIpc) is 2.75. The van der Waals surface area contributed by atoms with Gasteiger partial charge in [-0.15, -0.1) is 0 Å². The third-order valence-electron chi connectivity index (χ3n) is 3.33. The van der Waals surface area contributed by atoms with Gasteiger partial charge in [-0.3, -0.25) is 0 Å². The van der Waals surface area contributed by atoms with Crippen LogP contribution in [0.3, 0.4) is 0 Å². The molecule has 0 aromatic heterocycles. The molecule has 1 aliphatic carbocycles. The maximum Gasteiger partial charge on any atom is 0.0667 e. The molecule has 1 fully saturated rings. The summed E-state index contributed by atoms with van der Waals surface area (Å²) >= 11 is 0. The lowest BCUT2D eigenvalue weighted by Crippen LogP contribution is -2.30. The Bertz CT molecular complexity index is 179. The van der Waals surface area contributed by atoms with Crippen molar-refractivity contribution in [3.05, 3.63) is 0 Å². The monoisotopic (exact) mass is 243 g/mol. The predicted octanol–water partition coefficient (Wildman–Crippen LogP) is 2.19. The highest BCUT2D eigenvalue weighted by Gasteiger charge is 2.18. The van der Waals surface area contributed by atoms with Gasteiger partial charge in [0.25, 0.3) is 0 Å². The minimum Gasteiger partial charge on any atom is -0.392 e. The summed E-state index contributed by atoms with van der Waals surface area (Å²) in [7, 11) is 0. The summed E-state index contributed by atoms with van der Waals surface area (Å²) in [5.74, 6) is 1.37. The Morgan fingerprint density at radius 1 is 1.29 bits per heavy atom. The SMILES string of the molecule is CC(C)COCCNCC(O)CC1CCCC1. The molecule has 0 aromatic rings. The van der Waals surface area contributed by atoms with Crippen LogP contribution >= 0.6 is 0 Å². The van der Waals surface area contributed by atoms with Gasteiger partial charge in [0.05, 0.1) is 12.7 Å². The molecule has 0 aliphatic heterocycles. The smallest absolute Gasteiger partial charge is 0.0667 e. The van der Waals surface area contributed by atoms with Crippen molar-refractivity contribution in [2.24, 2.45) is 11.8 Å². The van der Waals surface area contributed by atoms with Gasteiger partial charge in [0.2, 0.25) is 0 Å². The molecule has 0 bridgehead atoms. The Labute approximate surface area is 106 Å². The molecule has 3 nitrogen and oxygen atoms in total. The highest BCUT2D eigenvalue weighted by molar-refractivity contribution is 4.72. The van der Waals surface area contributed by atoms with Crippen LogP contribution in [0.25, 0.3) is 0 Å². The molecule has 1 rings (SSSR count). The highest BCUT2D eigenvalue weighted by Crippen LogP contribution is 2.28. The van der Waals surface area contributed by atoms with E-state index in [1.165, 1.54) is 25.7 Å². The molecule has 0 spiro atoms. The van der Waals surface area contributed by atoms with E-state index in [0.29, 0.717) is 12.5 Å². The fourth-order valence-electron chi connectivity index (χ4n) is 2.45. The van der Waals surface area contributed by atoms with Gasteiger partial charge >= 0.3 is 0 Å². The Hall–Kier alpha value is -0.120. The van der Waals surface area contributed by atoms with Gasteiger partial charge in [0, 0.05) is 19.7 Å². The molecular formula is C14H29NO2. The number of rotatable bonds is 9. The topological polar surface area (TPSA) is 41.5 Å². The Morgan fingerprint density at radius 3 is 2.65 bits per heavy atom. The first-order valence-corrected chi connectivity index (χ1v) is 7.15. The lowest BCUT2D eigenvalue weighted by molar-refractivity contribution is 0.103. The van der Waals surface area contributed by atoms with E-state index >= 15 is 0 Å². The first kappa shape index (κ1) is 14.9. The maximum atomic E-state index is 9.85. The van der Waals surface area contributed by atoms with E-state index in [1.807, 2.05) is 0 Å². The third kappa shape index (κ3) is 7.74. The van der Waals surface area contributed by atoms with Crippen molar-refractivity contribution < 1.29 is 9.84 Å². The van der Waals surface area contributed by atoms with Crippen LogP contribution in [0.5, 0.6) is 0 Å². The van der Waals surface area contributed by atoms with Crippen LogP contribution in [0.4, 0.5) is 0 Å². The molecule has 0 heterocycles. The standard InChI is InChI=1S/C14H29NO2/c1-12(2)11-17-8-7-15-10-14(16)9-13-5-3-4-6-13/h12-16H,3-11H2,1-2H3. The lowest BCUT2D eigenvalue weighted by Gasteiger charge is -2.16. The first-order valence-electron chi connectivity index (χ1n) is 7.15. The zero-order valence-corrected chi connectivity index (χ0v) is 11.5. The van der Waals surface area contributed by atoms with Crippen molar-refractivity contribution in [2.45, 2.75) is 52.1 Å². The maximum absolute atomic E-state index is 9.85. The highest BCUT2D eigenvalue weighted by atomic mass is 16.5. The minimum absolute atomic E-state index is 0.178. The number of nitrogens with one attached hydrogen (secondary N) is 1. The molecule has 0 amide bonds. The minimum atomic E-state index is -0.178. The summed E-state index contributed by atoms with van der Waals surface area (Å²) in [5, 5.41) is 13.1. The van der Waals surface area contributed by atoms with E-state index in [0.717, 1.165) is 32.1 Å². The van der Waals surface area contributed by atoms with Crippen LogP contribution in [0.2, 0.25) is 0 Å². The van der Waals surface area contributed by atoms with Gasteiger partial charge in [0.15, 0.2) is 0 Å². The molecule has 0 saturated heterocycles. The van der Waals surface area contributed by atoms with Gasteiger partial charge in [-0.1, -0.05) is 39.5 Å². The summed E-state index contributed by atoms with van der Waals surface area (Å²) in [6.07, 6.45) is 6.13. The summed E-state index contributed by atoms with van der Waals surface area (Å²) in [4.78, 5) is 0. The molecule has 1 aliphatic rings. The predicted molar refractivity (Wildman–Crippen MR) is 71.1 cm³/mol. The largest absolute Gasteiger partial charge is 0.392 e. The van der Waals surface area contributed by atoms with Crippen LogP contribution < -0.4 is 5.32 Å². The molecule has 3 heteroatoms. The fourth-order valence-corrected chi connectivity index (χ4v) is 2.45. The summed E-state index contributed by atoms with van der Waals surface area (Å²) in [6.45, 7) is 7.42. The molecule has 2 N–H and O–H groups in total. The van der Waals surface area contributed by atoms with Crippen LogP contribution in [0.15, 0.2) is 0 Å². The second kappa shape index (κ2) is 8.90. The summed E-state index contributed by atoms with van der Waals surface area (Å²) in [6, 6.07) is 0. The quantitative estimate of drug-likeness (QED) is 0.610. The zero-order valence-electron chi connectivity index (χ0n) is 11.5. The average molecular weight is 243 g/mol. The van der Waals surface area contributed by atoms with Crippen molar-refractivity contribution in [3.8, 4) is 0 Å². The Morgan fingerprint density at radius 2 is 2.00 bits per heavy atom. The van der Waals surface area contributed by atoms with Crippen molar-refractivity contribution in [2.75, 3.05) is 26.3 Å². The van der Waals surface area contributed by atoms with E-state index in [1.54, 1.807) is 0 Å². The number of aliphatic hydroxyl groups is 1. The molecular weight excluding hydrogens is 214 g/mol. The van der Waals surface area contributed by atoms with Gasteiger partial charge in [-0.25, -0.2) is 0 Å². The molecule has 0 radical (unpaired) electrons. The molecule has 1 atom stereocenters. The van der Waals surface area contributed by atoms with Crippen molar-refractivity contribution in [1.29, 1.82) is 0 Å². The Kier molecular flexibility index (Phi) is 7.82. The van der Waals surface area contributed by atoms with Crippen LogP contribution in [-0.2, 0) is 4.74 Å². The van der Waals surface area contributed by atoms with Crippen molar-refractivity contribution in [3.63, 3.8) is 0 Å². The second-order valence-corrected chi connectivity index (χ2v) is 5.71. The van der Waals surface area contributed by atoms with E-state index in [-0.39, 0.29) is 6.10 Å². The Balaban J connectivity index is 1.87. The molecule has 1 saturated carbocycles.